The molecule has 1 N–H and O–H groups in total. The van der Waals surface area contributed by atoms with E-state index in [1.807, 2.05) is 18.2 Å². The predicted octanol–water partition coefficient (Wildman–Crippen LogP) is 3.21. The Kier molecular flexibility index (Phi) is 6.71. The first kappa shape index (κ1) is 21.6. The second-order valence-electron chi connectivity index (χ2n) is 6.34. The van der Waals surface area contributed by atoms with Crippen LogP contribution >= 0.6 is 11.8 Å². The third-order valence-corrected chi connectivity index (χ3v) is 5.59. The maximum atomic E-state index is 13.0. The number of hydrogen-bond donors (Lipinski definition) is 1. The van der Waals surface area contributed by atoms with Crippen molar-refractivity contribution in [3.05, 3.63) is 70.8 Å². The Morgan fingerprint density at radius 2 is 1.74 bits per heavy atom. The Bertz CT molecular complexity index is 1110. The van der Waals surface area contributed by atoms with Crippen LogP contribution < -0.4 is 10.2 Å². The van der Waals surface area contributed by atoms with Gasteiger partial charge >= 0.3 is 5.97 Å². The van der Waals surface area contributed by atoms with E-state index in [0.717, 1.165) is 16.7 Å². The Morgan fingerprint density at radius 1 is 1.10 bits per heavy atom. The zero-order chi connectivity index (χ0) is 22.4. The van der Waals surface area contributed by atoms with Crippen LogP contribution in [0.15, 0.2) is 65.2 Å². The zero-order valence-electron chi connectivity index (χ0n) is 16.4. The number of thioether (sulfide) groups is 1. The first-order valence-corrected chi connectivity index (χ1v) is 9.94. The van der Waals surface area contributed by atoms with Crippen LogP contribution in [0, 0.1) is 22.7 Å². The number of benzene rings is 2. The molecule has 1 saturated heterocycles. The van der Waals surface area contributed by atoms with Gasteiger partial charge in [-0.15, -0.1) is 0 Å². The highest BCUT2D eigenvalue weighted by Gasteiger charge is 2.41. The van der Waals surface area contributed by atoms with Crippen LogP contribution in [-0.4, -0.2) is 30.1 Å². The minimum absolute atomic E-state index is 0.0909. The minimum Gasteiger partial charge on any atom is -0.465 e. The number of methoxy groups -OCH3 is 1. The summed E-state index contributed by atoms with van der Waals surface area (Å²) >= 11 is 0.964. The fraction of sp³-hybridized carbons (Fsp3) is 0.136. The van der Waals surface area contributed by atoms with Crippen molar-refractivity contribution in [1.82, 2.24) is 0 Å². The quantitative estimate of drug-likeness (QED) is 0.419. The number of carbonyl (C=O) groups excluding carboxylic acids is 3. The summed E-state index contributed by atoms with van der Waals surface area (Å²) in [5, 5.41) is 21.0. The normalized spacial score (nSPS) is 15.1. The molecular weight excluding hydrogens is 416 g/mol. The highest BCUT2D eigenvalue weighted by molar-refractivity contribution is 8.04. The van der Waals surface area contributed by atoms with Gasteiger partial charge < -0.3 is 10.1 Å². The van der Waals surface area contributed by atoms with Crippen LogP contribution in [0.2, 0.25) is 0 Å². The summed E-state index contributed by atoms with van der Waals surface area (Å²) in [6.07, 6.45) is -0.0909. The number of imide groups is 1. The maximum Gasteiger partial charge on any atom is 0.337 e. The van der Waals surface area contributed by atoms with Crippen LogP contribution in [0.3, 0.4) is 0 Å². The number of anilines is 2. The molecule has 0 radical (unpaired) electrons. The van der Waals surface area contributed by atoms with Crippen molar-refractivity contribution in [1.29, 1.82) is 10.5 Å². The van der Waals surface area contributed by atoms with Crippen molar-refractivity contribution in [3.8, 4) is 12.1 Å². The van der Waals surface area contributed by atoms with Gasteiger partial charge in [0.05, 0.1) is 23.6 Å². The number of ether oxygens (including phenoxy) is 1. The molecule has 1 heterocycles. The molecule has 1 aliphatic heterocycles. The van der Waals surface area contributed by atoms with E-state index in [1.54, 1.807) is 24.3 Å². The van der Waals surface area contributed by atoms with E-state index in [1.165, 1.54) is 31.4 Å². The molecule has 0 aliphatic carbocycles. The van der Waals surface area contributed by atoms with Gasteiger partial charge in [0.15, 0.2) is 5.57 Å². The van der Waals surface area contributed by atoms with E-state index in [4.69, 9.17) is 0 Å². The van der Waals surface area contributed by atoms with E-state index in [0.29, 0.717) is 16.9 Å². The van der Waals surface area contributed by atoms with Crippen molar-refractivity contribution < 1.29 is 19.1 Å². The van der Waals surface area contributed by atoms with Crippen LogP contribution in [0.4, 0.5) is 11.4 Å². The average molecular weight is 432 g/mol. The number of hydrogen-bond acceptors (Lipinski definition) is 8. The molecule has 0 spiro atoms. The molecule has 0 bridgehead atoms. The lowest BCUT2D eigenvalue weighted by molar-refractivity contribution is -0.121. The molecule has 0 aromatic heterocycles. The zero-order valence-corrected chi connectivity index (χ0v) is 17.2. The average Bonchev–Trinajstić information content (AvgIpc) is 3.07. The summed E-state index contributed by atoms with van der Waals surface area (Å²) in [4.78, 5) is 38.1. The van der Waals surface area contributed by atoms with E-state index in [2.05, 4.69) is 10.1 Å². The Labute approximate surface area is 182 Å². The smallest absolute Gasteiger partial charge is 0.337 e. The summed E-state index contributed by atoms with van der Waals surface area (Å²) in [5.41, 5.74) is 1.07. The fourth-order valence-corrected chi connectivity index (χ4v) is 4.01. The van der Waals surface area contributed by atoms with Crippen LogP contribution in [0.1, 0.15) is 16.8 Å². The van der Waals surface area contributed by atoms with Gasteiger partial charge in [0.1, 0.15) is 17.2 Å². The van der Waals surface area contributed by atoms with Gasteiger partial charge in [-0.2, -0.15) is 10.5 Å². The highest BCUT2D eigenvalue weighted by atomic mass is 32.2. The number of allylic oxidation sites excluding steroid dienone is 1. The molecule has 3 rings (SSSR count). The lowest BCUT2D eigenvalue weighted by Crippen LogP contribution is -2.31. The number of esters is 1. The first-order chi connectivity index (χ1) is 15.0. The number of rotatable bonds is 6. The molecule has 9 heteroatoms. The Morgan fingerprint density at radius 3 is 2.32 bits per heavy atom. The third kappa shape index (κ3) is 4.74. The lowest BCUT2D eigenvalue weighted by atomic mass is 10.2. The van der Waals surface area contributed by atoms with Gasteiger partial charge in [0.2, 0.25) is 11.8 Å². The molecule has 154 valence electrons. The predicted molar refractivity (Wildman–Crippen MR) is 115 cm³/mol. The topological polar surface area (TPSA) is 123 Å². The van der Waals surface area contributed by atoms with Gasteiger partial charge in [-0.1, -0.05) is 30.0 Å². The third-order valence-electron chi connectivity index (χ3n) is 4.39. The van der Waals surface area contributed by atoms with Gasteiger partial charge in [-0.05, 0) is 36.4 Å². The molecule has 1 atom stereocenters. The number of nitrogens with one attached hydrogen (secondary N) is 1. The number of para-hydroxylation sites is 1. The van der Waals surface area contributed by atoms with E-state index < -0.39 is 23.0 Å². The highest BCUT2D eigenvalue weighted by Crippen LogP contribution is 2.35. The molecule has 2 aromatic rings. The van der Waals surface area contributed by atoms with Gasteiger partial charge in [0.25, 0.3) is 0 Å². The molecule has 1 aliphatic rings. The number of nitriles is 2. The Balaban J connectivity index is 1.83. The molecule has 8 nitrogen and oxygen atoms in total. The summed E-state index contributed by atoms with van der Waals surface area (Å²) in [7, 11) is 1.26. The number of amides is 2. The first-order valence-electron chi connectivity index (χ1n) is 9.07. The van der Waals surface area contributed by atoms with Gasteiger partial charge in [-0.25, -0.2) is 9.69 Å². The minimum atomic E-state index is -0.810. The molecule has 0 saturated carbocycles. The molecule has 1 fully saturated rings. The number of carbonyl (C=O) groups is 3. The van der Waals surface area contributed by atoms with Crippen molar-refractivity contribution in [2.24, 2.45) is 0 Å². The second kappa shape index (κ2) is 9.61. The van der Waals surface area contributed by atoms with Crippen molar-refractivity contribution in [3.63, 3.8) is 0 Å². The summed E-state index contributed by atoms with van der Waals surface area (Å²) in [6, 6.07) is 18.4. The monoisotopic (exact) mass is 432 g/mol. The van der Waals surface area contributed by atoms with Gasteiger partial charge in [-0.3, -0.25) is 9.59 Å². The van der Waals surface area contributed by atoms with E-state index in [-0.39, 0.29) is 17.0 Å². The molecule has 2 aromatic carbocycles. The molecular formula is C22H16N4O4S. The standard InChI is InChI=1S/C22H16N4O4S/c1-30-22(29)14-7-9-17(10-8-14)26-19(27)11-18(21(26)28)31-20(15(12-23)13-24)25-16-5-3-2-4-6-16/h2-10,18,25H,11H2,1H3. The fourth-order valence-electron chi connectivity index (χ4n) is 2.90. The van der Waals surface area contributed by atoms with Crippen LogP contribution in [0.25, 0.3) is 0 Å². The van der Waals surface area contributed by atoms with Crippen LogP contribution in [0.5, 0.6) is 0 Å². The molecule has 1 unspecified atom stereocenters. The maximum absolute atomic E-state index is 13.0. The molecule has 31 heavy (non-hydrogen) atoms. The second-order valence-corrected chi connectivity index (χ2v) is 7.55. The summed E-state index contributed by atoms with van der Waals surface area (Å²) < 4.78 is 4.64. The van der Waals surface area contributed by atoms with Gasteiger partial charge in [0, 0.05) is 12.1 Å². The lowest BCUT2D eigenvalue weighted by Gasteiger charge is -2.16. The van der Waals surface area contributed by atoms with E-state index in [9.17, 15) is 24.9 Å². The summed E-state index contributed by atoms with van der Waals surface area (Å²) in [6.45, 7) is 0. The van der Waals surface area contributed by atoms with Crippen molar-refractivity contribution >= 4 is 40.9 Å². The van der Waals surface area contributed by atoms with E-state index >= 15 is 0 Å². The van der Waals surface area contributed by atoms with Crippen LogP contribution in [-0.2, 0) is 14.3 Å². The summed E-state index contributed by atoms with van der Waals surface area (Å²) in [5.74, 6) is -1.41. The largest absolute Gasteiger partial charge is 0.465 e. The Hall–Kier alpha value is -4.08. The molecule has 2 amide bonds. The number of nitrogens with zero attached hydrogens (tertiary/aromatic N) is 3. The van der Waals surface area contributed by atoms with Crippen molar-refractivity contribution in [2.75, 3.05) is 17.3 Å². The van der Waals surface area contributed by atoms with Crippen molar-refractivity contribution in [2.45, 2.75) is 11.7 Å². The SMILES string of the molecule is COC(=O)c1ccc(N2C(=O)CC(SC(Nc3ccccc3)=C(C#N)C#N)C2=O)cc1.